The van der Waals surface area contributed by atoms with Crippen LogP contribution in [0.4, 0.5) is 0 Å². The van der Waals surface area contributed by atoms with Crippen LogP contribution in [0.3, 0.4) is 0 Å². The number of carbonyl (C=O) groups excluding carboxylic acids is 3. The predicted molar refractivity (Wildman–Crippen MR) is 89.2 cm³/mol. The second-order valence-corrected chi connectivity index (χ2v) is 7.03. The molecule has 1 aromatic carbocycles. The van der Waals surface area contributed by atoms with Crippen LogP contribution in [0.2, 0.25) is 0 Å². The molecule has 25 heavy (non-hydrogen) atoms. The van der Waals surface area contributed by atoms with Gasteiger partial charge in [-0.3, -0.25) is 19.3 Å². The summed E-state index contributed by atoms with van der Waals surface area (Å²) in [5.74, 6) is -0.971. The molecule has 132 valence electrons. The van der Waals surface area contributed by atoms with Crippen LogP contribution in [-0.2, 0) is 25.7 Å². The van der Waals surface area contributed by atoms with E-state index in [2.05, 4.69) is 0 Å². The van der Waals surface area contributed by atoms with Crippen LogP contribution in [0, 0.1) is 11.8 Å². The number of rotatable bonds is 3. The first-order chi connectivity index (χ1) is 12.2. The fourth-order valence-electron chi connectivity index (χ4n) is 4.16. The van der Waals surface area contributed by atoms with Gasteiger partial charge < -0.3 is 9.64 Å². The maximum atomic E-state index is 13.0. The van der Waals surface area contributed by atoms with Gasteiger partial charge in [0.1, 0.15) is 6.04 Å². The second kappa shape index (κ2) is 6.59. The van der Waals surface area contributed by atoms with Crippen molar-refractivity contribution in [1.82, 2.24) is 9.80 Å². The molecule has 3 aliphatic heterocycles. The van der Waals surface area contributed by atoms with Crippen LogP contribution in [-0.4, -0.2) is 53.3 Å². The average Bonchev–Trinajstić information content (AvgIpc) is 3.26. The van der Waals surface area contributed by atoms with E-state index in [0.29, 0.717) is 32.6 Å². The van der Waals surface area contributed by atoms with E-state index in [1.54, 1.807) is 4.90 Å². The summed E-state index contributed by atoms with van der Waals surface area (Å²) in [6.07, 6.45) is 2.13. The van der Waals surface area contributed by atoms with Crippen LogP contribution < -0.4 is 0 Å². The van der Waals surface area contributed by atoms with Gasteiger partial charge >= 0.3 is 0 Å². The maximum absolute atomic E-state index is 13.0. The molecule has 0 radical (unpaired) electrons. The summed E-state index contributed by atoms with van der Waals surface area (Å²) in [6, 6.07) is 8.87. The Kier molecular flexibility index (Phi) is 4.29. The number of benzene rings is 1. The topological polar surface area (TPSA) is 66.9 Å². The summed E-state index contributed by atoms with van der Waals surface area (Å²) in [5, 5.41) is 0. The molecule has 3 amide bonds. The number of hydrogen-bond acceptors (Lipinski definition) is 4. The van der Waals surface area contributed by atoms with E-state index >= 15 is 0 Å². The molecule has 0 N–H and O–H groups in total. The molecular formula is C19H22N2O4. The van der Waals surface area contributed by atoms with Crippen LogP contribution in [0.5, 0.6) is 0 Å². The van der Waals surface area contributed by atoms with Crippen molar-refractivity contribution < 1.29 is 19.1 Å². The van der Waals surface area contributed by atoms with Crippen LogP contribution in [0.25, 0.3) is 0 Å². The SMILES string of the molecule is O=C1[C@@H]2[C@@H](CCCN2C(=O)[C@@H]2CCOC2)C(=O)N1Cc1ccccc1. The van der Waals surface area contributed by atoms with Crippen molar-refractivity contribution in [1.29, 1.82) is 0 Å². The fourth-order valence-corrected chi connectivity index (χ4v) is 4.16. The lowest BCUT2D eigenvalue weighted by Crippen LogP contribution is -2.52. The van der Waals surface area contributed by atoms with Crippen molar-refractivity contribution in [2.75, 3.05) is 19.8 Å². The molecule has 0 aromatic heterocycles. The van der Waals surface area contributed by atoms with Gasteiger partial charge in [0.2, 0.25) is 11.8 Å². The number of nitrogens with zero attached hydrogens (tertiary/aromatic N) is 2. The molecular weight excluding hydrogens is 320 g/mol. The van der Waals surface area contributed by atoms with Gasteiger partial charge in [-0.2, -0.15) is 0 Å². The van der Waals surface area contributed by atoms with Crippen molar-refractivity contribution in [3.8, 4) is 0 Å². The predicted octanol–water partition coefficient (Wildman–Crippen LogP) is 1.20. The minimum absolute atomic E-state index is 0.0325. The summed E-state index contributed by atoms with van der Waals surface area (Å²) >= 11 is 0. The first kappa shape index (κ1) is 16.3. The van der Waals surface area contributed by atoms with E-state index < -0.39 is 12.0 Å². The summed E-state index contributed by atoms with van der Waals surface area (Å²) in [5.41, 5.74) is 0.921. The largest absolute Gasteiger partial charge is 0.381 e. The molecule has 3 heterocycles. The minimum Gasteiger partial charge on any atom is -0.381 e. The van der Waals surface area contributed by atoms with E-state index in [1.165, 1.54) is 4.90 Å². The number of piperidine rings is 1. The zero-order valence-corrected chi connectivity index (χ0v) is 14.1. The number of hydrogen-bond donors (Lipinski definition) is 0. The van der Waals surface area contributed by atoms with Gasteiger partial charge in [-0.15, -0.1) is 0 Å². The molecule has 3 fully saturated rings. The Morgan fingerprint density at radius 1 is 1.12 bits per heavy atom. The molecule has 0 spiro atoms. The Balaban J connectivity index is 1.56. The Bertz CT molecular complexity index is 684. The van der Waals surface area contributed by atoms with Gasteiger partial charge in [0.15, 0.2) is 0 Å². The van der Waals surface area contributed by atoms with Crippen molar-refractivity contribution in [2.45, 2.75) is 31.8 Å². The van der Waals surface area contributed by atoms with Crippen molar-refractivity contribution >= 4 is 17.7 Å². The van der Waals surface area contributed by atoms with E-state index in [1.807, 2.05) is 30.3 Å². The minimum atomic E-state index is -0.627. The van der Waals surface area contributed by atoms with Crippen molar-refractivity contribution in [2.24, 2.45) is 11.8 Å². The second-order valence-electron chi connectivity index (χ2n) is 7.03. The highest BCUT2D eigenvalue weighted by Gasteiger charge is 2.53. The lowest BCUT2D eigenvalue weighted by molar-refractivity contribution is -0.147. The molecule has 0 aliphatic carbocycles. The molecule has 6 heteroatoms. The van der Waals surface area contributed by atoms with Gasteiger partial charge in [0, 0.05) is 13.2 Å². The quantitative estimate of drug-likeness (QED) is 0.774. The number of ether oxygens (including phenoxy) is 1. The molecule has 0 bridgehead atoms. The number of imide groups is 1. The number of carbonyl (C=O) groups is 3. The normalized spacial score (nSPS) is 29.2. The lowest BCUT2D eigenvalue weighted by Gasteiger charge is -2.36. The van der Waals surface area contributed by atoms with E-state index in [9.17, 15) is 14.4 Å². The smallest absolute Gasteiger partial charge is 0.253 e. The average molecular weight is 342 g/mol. The molecule has 0 saturated carbocycles. The van der Waals surface area contributed by atoms with Gasteiger partial charge in [0.25, 0.3) is 5.91 Å². The third-order valence-electron chi connectivity index (χ3n) is 5.48. The first-order valence-electron chi connectivity index (χ1n) is 8.94. The number of amides is 3. The third kappa shape index (κ3) is 2.84. The van der Waals surface area contributed by atoms with E-state index in [-0.39, 0.29) is 30.2 Å². The molecule has 3 aliphatic rings. The zero-order valence-electron chi connectivity index (χ0n) is 14.1. The van der Waals surface area contributed by atoms with Gasteiger partial charge in [-0.25, -0.2) is 0 Å². The Labute approximate surface area is 146 Å². The van der Waals surface area contributed by atoms with Gasteiger partial charge in [-0.1, -0.05) is 30.3 Å². The maximum Gasteiger partial charge on any atom is 0.253 e. The third-order valence-corrected chi connectivity index (χ3v) is 5.48. The number of fused-ring (bicyclic) bond motifs is 1. The first-order valence-corrected chi connectivity index (χ1v) is 8.94. The molecule has 1 aromatic rings. The molecule has 6 nitrogen and oxygen atoms in total. The Hall–Kier alpha value is -2.21. The Morgan fingerprint density at radius 2 is 1.92 bits per heavy atom. The Morgan fingerprint density at radius 3 is 2.64 bits per heavy atom. The van der Waals surface area contributed by atoms with Gasteiger partial charge in [-0.05, 0) is 24.8 Å². The summed E-state index contributed by atoms with van der Waals surface area (Å²) in [4.78, 5) is 41.6. The highest BCUT2D eigenvalue weighted by atomic mass is 16.5. The summed E-state index contributed by atoms with van der Waals surface area (Å²) in [6.45, 7) is 1.84. The summed E-state index contributed by atoms with van der Waals surface area (Å²) in [7, 11) is 0. The lowest BCUT2D eigenvalue weighted by atomic mass is 9.90. The zero-order chi connectivity index (χ0) is 17.4. The molecule has 3 saturated heterocycles. The monoisotopic (exact) mass is 342 g/mol. The van der Waals surface area contributed by atoms with E-state index in [4.69, 9.17) is 4.74 Å². The van der Waals surface area contributed by atoms with E-state index in [0.717, 1.165) is 12.0 Å². The van der Waals surface area contributed by atoms with Crippen LogP contribution in [0.15, 0.2) is 30.3 Å². The summed E-state index contributed by atoms with van der Waals surface area (Å²) < 4.78 is 5.32. The highest BCUT2D eigenvalue weighted by Crippen LogP contribution is 2.35. The molecule has 4 rings (SSSR count). The number of likely N-dealkylation sites (tertiary alicyclic amines) is 2. The van der Waals surface area contributed by atoms with Crippen molar-refractivity contribution in [3.63, 3.8) is 0 Å². The molecule has 3 atom stereocenters. The van der Waals surface area contributed by atoms with Crippen LogP contribution in [0.1, 0.15) is 24.8 Å². The van der Waals surface area contributed by atoms with Crippen LogP contribution >= 0.6 is 0 Å². The highest BCUT2D eigenvalue weighted by molar-refractivity contribution is 6.08. The van der Waals surface area contributed by atoms with Gasteiger partial charge in [0.05, 0.1) is 25.0 Å². The molecule has 0 unspecified atom stereocenters. The van der Waals surface area contributed by atoms with Crippen molar-refractivity contribution in [3.05, 3.63) is 35.9 Å². The fraction of sp³-hybridized carbons (Fsp3) is 0.526. The standard InChI is InChI=1S/C19H22N2O4/c22-17(14-8-10-25-12-14)20-9-4-7-15-16(20)19(24)21(18(15)23)11-13-5-2-1-3-6-13/h1-3,5-6,14-16H,4,7-12H2/t14-,15-,16+/m1/s1.